The standard InChI is InChI=1S/C16H18O2/c1-12(13-6-4-3-5-7-13)10-14-8-9-15(18-2)11-16(14)17/h3-9,11-12,17H,10H2,1-2H3/t12-/m0/s1. The third-order valence-electron chi connectivity index (χ3n) is 3.19. The zero-order chi connectivity index (χ0) is 13.0. The van der Waals surface area contributed by atoms with Crippen molar-refractivity contribution in [1.82, 2.24) is 0 Å². The lowest BCUT2D eigenvalue weighted by atomic mass is 9.93. The summed E-state index contributed by atoms with van der Waals surface area (Å²) in [7, 11) is 1.60. The SMILES string of the molecule is COc1ccc(C[C@H](C)c2ccccc2)c(O)c1. The van der Waals surface area contributed by atoms with Gasteiger partial charge in [-0.2, -0.15) is 0 Å². The monoisotopic (exact) mass is 242 g/mol. The van der Waals surface area contributed by atoms with Crippen molar-refractivity contribution in [3.63, 3.8) is 0 Å². The summed E-state index contributed by atoms with van der Waals surface area (Å²) in [6.07, 6.45) is 0.819. The Morgan fingerprint density at radius 2 is 1.83 bits per heavy atom. The van der Waals surface area contributed by atoms with Crippen molar-refractivity contribution < 1.29 is 9.84 Å². The number of phenolic OH excluding ortho intramolecular Hbond substituents is 1. The minimum absolute atomic E-state index is 0.303. The van der Waals surface area contributed by atoms with Crippen molar-refractivity contribution in [3.05, 3.63) is 59.7 Å². The van der Waals surface area contributed by atoms with Crippen LogP contribution in [0.2, 0.25) is 0 Å². The molecule has 0 heterocycles. The number of rotatable bonds is 4. The Labute approximate surface area is 108 Å². The van der Waals surface area contributed by atoms with E-state index in [2.05, 4.69) is 19.1 Å². The van der Waals surface area contributed by atoms with Gasteiger partial charge in [-0.1, -0.05) is 43.3 Å². The van der Waals surface area contributed by atoms with E-state index in [1.807, 2.05) is 30.3 Å². The highest BCUT2D eigenvalue weighted by atomic mass is 16.5. The third-order valence-corrected chi connectivity index (χ3v) is 3.19. The fraction of sp³-hybridized carbons (Fsp3) is 0.250. The first-order valence-electron chi connectivity index (χ1n) is 6.11. The molecule has 2 heteroatoms. The predicted molar refractivity (Wildman–Crippen MR) is 73.2 cm³/mol. The van der Waals surface area contributed by atoms with Gasteiger partial charge in [-0.3, -0.25) is 0 Å². The van der Waals surface area contributed by atoms with E-state index < -0.39 is 0 Å². The highest BCUT2D eigenvalue weighted by Gasteiger charge is 2.10. The largest absolute Gasteiger partial charge is 0.508 e. The Morgan fingerprint density at radius 3 is 2.44 bits per heavy atom. The molecule has 1 N–H and O–H groups in total. The molecule has 0 saturated carbocycles. The van der Waals surface area contributed by atoms with Gasteiger partial charge in [0.05, 0.1) is 7.11 Å². The summed E-state index contributed by atoms with van der Waals surface area (Å²) < 4.78 is 5.08. The molecule has 2 aromatic carbocycles. The maximum atomic E-state index is 9.94. The van der Waals surface area contributed by atoms with E-state index in [1.165, 1.54) is 5.56 Å². The van der Waals surface area contributed by atoms with Crippen LogP contribution in [0.3, 0.4) is 0 Å². The van der Waals surface area contributed by atoms with E-state index in [1.54, 1.807) is 13.2 Å². The molecule has 0 saturated heterocycles. The van der Waals surface area contributed by atoms with E-state index in [4.69, 9.17) is 4.74 Å². The molecule has 2 rings (SSSR count). The third kappa shape index (κ3) is 2.83. The Balaban J connectivity index is 2.14. The summed E-state index contributed by atoms with van der Waals surface area (Å²) in [4.78, 5) is 0. The van der Waals surface area contributed by atoms with Gasteiger partial charge < -0.3 is 9.84 Å². The minimum atomic E-state index is 0.303. The molecule has 1 atom stereocenters. The van der Waals surface area contributed by atoms with Gasteiger partial charge in [-0.25, -0.2) is 0 Å². The maximum Gasteiger partial charge on any atom is 0.122 e. The van der Waals surface area contributed by atoms with Gasteiger partial charge in [0.25, 0.3) is 0 Å². The molecule has 0 spiro atoms. The number of hydrogen-bond acceptors (Lipinski definition) is 2. The second kappa shape index (κ2) is 5.58. The van der Waals surface area contributed by atoms with Crippen molar-refractivity contribution in [2.24, 2.45) is 0 Å². The highest BCUT2D eigenvalue weighted by molar-refractivity contribution is 5.40. The minimum Gasteiger partial charge on any atom is -0.508 e. The molecule has 0 bridgehead atoms. The van der Waals surface area contributed by atoms with Gasteiger partial charge in [0, 0.05) is 6.07 Å². The number of phenols is 1. The lowest BCUT2D eigenvalue weighted by Crippen LogP contribution is -1.98. The highest BCUT2D eigenvalue weighted by Crippen LogP contribution is 2.28. The molecule has 2 aromatic rings. The number of benzene rings is 2. The number of methoxy groups -OCH3 is 1. The molecule has 2 nitrogen and oxygen atoms in total. The van der Waals surface area contributed by atoms with E-state index >= 15 is 0 Å². The first kappa shape index (κ1) is 12.5. The Morgan fingerprint density at radius 1 is 1.11 bits per heavy atom. The van der Waals surface area contributed by atoms with E-state index in [0.717, 1.165) is 12.0 Å². The summed E-state index contributed by atoms with van der Waals surface area (Å²) in [5, 5.41) is 9.94. The lowest BCUT2D eigenvalue weighted by Gasteiger charge is -2.13. The van der Waals surface area contributed by atoms with Crippen LogP contribution in [0.1, 0.15) is 24.0 Å². The Kier molecular flexibility index (Phi) is 3.88. The number of hydrogen-bond donors (Lipinski definition) is 1. The molecule has 0 aliphatic heterocycles. The summed E-state index contributed by atoms with van der Waals surface area (Å²) >= 11 is 0. The second-order valence-electron chi connectivity index (χ2n) is 4.51. The molecular formula is C16H18O2. The molecule has 0 aliphatic carbocycles. The van der Waals surface area contributed by atoms with Crippen LogP contribution < -0.4 is 4.74 Å². The maximum absolute atomic E-state index is 9.94. The molecule has 18 heavy (non-hydrogen) atoms. The van der Waals surface area contributed by atoms with Crippen molar-refractivity contribution in [1.29, 1.82) is 0 Å². The van der Waals surface area contributed by atoms with Crippen molar-refractivity contribution in [3.8, 4) is 11.5 Å². The zero-order valence-corrected chi connectivity index (χ0v) is 10.8. The van der Waals surface area contributed by atoms with Gasteiger partial charge in [-0.05, 0) is 29.5 Å². The summed E-state index contributed by atoms with van der Waals surface area (Å²) in [5.41, 5.74) is 2.24. The van der Waals surface area contributed by atoms with Gasteiger partial charge in [0.1, 0.15) is 11.5 Å². The van der Waals surface area contributed by atoms with Crippen LogP contribution in [0.5, 0.6) is 11.5 Å². The van der Waals surface area contributed by atoms with Crippen LogP contribution >= 0.6 is 0 Å². The van der Waals surface area contributed by atoms with Crippen LogP contribution in [-0.2, 0) is 6.42 Å². The average molecular weight is 242 g/mol. The number of ether oxygens (including phenoxy) is 1. The van der Waals surface area contributed by atoms with E-state index in [0.29, 0.717) is 17.4 Å². The quantitative estimate of drug-likeness (QED) is 0.884. The summed E-state index contributed by atoms with van der Waals surface area (Å²) in [5.74, 6) is 1.37. The molecule has 0 amide bonds. The smallest absolute Gasteiger partial charge is 0.122 e. The van der Waals surface area contributed by atoms with Gasteiger partial charge in [0.15, 0.2) is 0 Å². The summed E-state index contributed by atoms with van der Waals surface area (Å²) in [6.45, 7) is 2.17. The fourth-order valence-corrected chi connectivity index (χ4v) is 2.07. The van der Waals surface area contributed by atoms with Crippen molar-refractivity contribution in [2.75, 3.05) is 7.11 Å². The van der Waals surface area contributed by atoms with Gasteiger partial charge >= 0.3 is 0 Å². The number of aromatic hydroxyl groups is 1. The van der Waals surface area contributed by atoms with Gasteiger partial charge in [-0.15, -0.1) is 0 Å². The molecule has 0 unspecified atom stereocenters. The van der Waals surface area contributed by atoms with Crippen LogP contribution in [0, 0.1) is 0 Å². The molecule has 0 fully saturated rings. The first-order valence-corrected chi connectivity index (χ1v) is 6.11. The van der Waals surface area contributed by atoms with Crippen molar-refractivity contribution >= 4 is 0 Å². The first-order chi connectivity index (χ1) is 8.70. The Bertz CT molecular complexity index is 506. The Hall–Kier alpha value is -1.96. The second-order valence-corrected chi connectivity index (χ2v) is 4.51. The molecule has 0 aromatic heterocycles. The lowest BCUT2D eigenvalue weighted by molar-refractivity contribution is 0.406. The van der Waals surface area contributed by atoms with E-state index in [-0.39, 0.29) is 0 Å². The molecule has 0 radical (unpaired) electrons. The van der Waals surface area contributed by atoms with Crippen molar-refractivity contribution in [2.45, 2.75) is 19.3 Å². The molecule has 0 aliphatic rings. The van der Waals surface area contributed by atoms with Crippen LogP contribution in [0.4, 0.5) is 0 Å². The zero-order valence-electron chi connectivity index (χ0n) is 10.8. The fourth-order valence-electron chi connectivity index (χ4n) is 2.07. The van der Waals surface area contributed by atoms with Crippen LogP contribution in [-0.4, -0.2) is 12.2 Å². The average Bonchev–Trinajstić information content (AvgIpc) is 2.42. The molecule has 94 valence electrons. The topological polar surface area (TPSA) is 29.5 Å². The normalized spacial score (nSPS) is 12.1. The predicted octanol–water partition coefficient (Wildman–Crippen LogP) is 3.75. The van der Waals surface area contributed by atoms with Crippen LogP contribution in [0.15, 0.2) is 48.5 Å². The van der Waals surface area contributed by atoms with Crippen LogP contribution in [0.25, 0.3) is 0 Å². The van der Waals surface area contributed by atoms with Gasteiger partial charge in [0.2, 0.25) is 0 Å². The molecular weight excluding hydrogens is 224 g/mol. The van der Waals surface area contributed by atoms with E-state index in [9.17, 15) is 5.11 Å². The summed E-state index contributed by atoms with van der Waals surface area (Å²) in [6, 6.07) is 15.8.